The second-order valence-electron chi connectivity index (χ2n) is 3.02. The van der Waals surface area contributed by atoms with Gasteiger partial charge in [0.25, 0.3) is 0 Å². The normalized spacial score (nSPS) is 40.8. The molecule has 0 amide bonds. The van der Waals surface area contributed by atoms with E-state index in [4.69, 9.17) is 9.47 Å². The summed E-state index contributed by atoms with van der Waals surface area (Å²) in [6.45, 7) is 2.76. The molecule has 0 aromatic heterocycles. The van der Waals surface area contributed by atoms with E-state index in [-0.39, 0.29) is 6.10 Å². The molecule has 2 bridgehead atoms. The minimum Gasteiger partial charge on any atom is -0.375 e. The first-order chi connectivity index (χ1) is 4.95. The number of fused-ring (bicyclic) bond motifs is 3. The maximum absolute atomic E-state index is 5.49. The lowest BCUT2D eigenvalue weighted by molar-refractivity contribution is 0.0602. The van der Waals surface area contributed by atoms with Crippen LogP contribution in [0.3, 0.4) is 0 Å². The standard InChI is InChI=1S/C8H13O2/c1-2-7-4-5-9-8(3-1)6-10-7/h6-8H,1-5H2. The smallest absolute Gasteiger partial charge is 0.113 e. The van der Waals surface area contributed by atoms with Gasteiger partial charge in [0.15, 0.2) is 0 Å². The Morgan fingerprint density at radius 2 is 2.20 bits per heavy atom. The summed E-state index contributed by atoms with van der Waals surface area (Å²) in [6, 6.07) is 0. The highest BCUT2D eigenvalue weighted by molar-refractivity contribution is 4.78. The molecule has 0 aliphatic carbocycles. The summed E-state index contributed by atoms with van der Waals surface area (Å²) >= 11 is 0. The van der Waals surface area contributed by atoms with Crippen LogP contribution in [0.4, 0.5) is 0 Å². The molecule has 2 atom stereocenters. The topological polar surface area (TPSA) is 18.5 Å². The minimum atomic E-state index is 0.285. The van der Waals surface area contributed by atoms with Gasteiger partial charge >= 0.3 is 0 Å². The molecule has 10 heavy (non-hydrogen) atoms. The molecule has 2 fully saturated rings. The van der Waals surface area contributed by atoms with Crippen molar-refractivity contribution in [3.8, 4) is 0 Å². The van der Waals surface area contributed by atoms with Crippen LogP contribution >= 0.6 is 0 Å². The molecule has 57 valence electrons. The van der Waals surface area contributed by atoms with E-state index in [0.717, 1.165) is 19.4 Å². The molecule has 0 spiro atoms. The molecule has 0 aromatic carbocycles. The van der Waals surface area contributed by atoms with Crippen LogP contribution < -0.4 is 0 Å². The highest BCUT2D eigenvalue weighted by Crippen LogP contribution is 2.24. The van der Waals surface area contributed by atoms with E-state index in [1.165, 1.54) is 12.8 Å². The van der Waals surface area contributed by atoms with E-state index < -0.39 is 0 Å². The summed E-state index contributed by atoms with van der Waals surface area (Å²) in [5.74, 6) is 0. The van der Waals surface area contributed by atoms with E-state index in [0.29, 0.717) is 6.10 Å². The van der Waals surface area contributed by atoms with Crippen LogP contribution in [0.15, 0.2) is 0 Å². The maximum Gasteiger partial charge on any atom is 0.113 e. The fourth-order valence-corrected chi connectivity index (χ4v) is 1.57. The Kier molecular flexibility index (Phi) is 1.91. The van der Waals surface area contributed by atoms with Crippen molar-refractivity contribution in [3.63, 3.8) is 0 Å². The molecule has 2 aliphatic rings. The molecule has 2 heterocycles. The van der Waals surface area contributed by atoms with Crippen molar-refractivity contribution in [2.24, 2.45) is 0 Å². The minimum absolute atomic E-state index is 0.285. The number of ether oxygens (including phenoxy) is 2. The van der Waals surface area contributed by atoms with Crippen molar-refractivity contribution in [2.45, 2.75) is 37.9 Å². The summed E-state index contributed by atoms with van der Waals surface area (Å²) in [5, 5.41) is 0. The van der Waals surface area contributed by atoms with Gasteiger partial charge < -0.3 is 9.47 Å². The van der Waals surface area contributed by atoms with E-state index in [9.17, 15) is 0 Å². The average molecular weight is 141 g/mol. The molecule has 2 saturated heterocycles. The van der Waals surface area contributed by atoms with Crippen molar-refractivity contribution < 1.29 is 9.47 Å². The lowest BCUT2D eigenvalue weighted by Crippen LogP contribution is -2.13. The zero-order valence-electron chi connectivity index (χ0n) is 6.08. The van der Waals surface area contributed by atoms with Gasteiger partial charge in [-0.2, -0.15) is 0 Å². The van der Waals surface area contributed by atoms with Crippen LogP contribution in [0.5, 0.6) is 0 Å². The summed E-state index contributed by atoms with van der Waals surface area (Å²) in [7, 11) is 0. The number of hydrogen-bond acceptors (Lipinski definition) is 2. The van der Waals surface area contributed by atoms with Crippen molar-refractivity contribution in [1.82, 2.24) is 0 Å². The Labute approximate surface area is 61.5 Å². The molecular formula is C8H13O2. The van der Waals surface area contributed by atoms with Gasteiger partial charge in [0.2, 0.25) is 0 Å². The van der Waals surface area contributed by atoms with Crippen molar-refractivity contribution >= 4 is 0 Å². The van der Waals surface area contributed by atoms with Crippen LogP contribution in [0, 0.1) is 6.61 Å². The van der Waals surface area contributed by atoms with Gasteiger partial charge in [-0.05, 0) is 25.7 Å². The quantitative estimate of drug-likeness (QED) is 0.509. The van der Waals surface area contributed by atoms with Gasteiger partial charge in [0, 0.05) is 6.61 Å². The number of hydrogen-bond donors (Lipinski definition) is 0. The molecule has 0 N–H and O–H groups in total. The first-order valence-corrected chi connectivity index (χ1v) is 4.05. The molecule has 0 aromatic rings. The fourth-order valence-electron chi connectivity index (χ4n) is 1.57. The van der Waals surface area contributed by atoms with E-state index in [1.807, 2.05) is 6.61 Å². The molecule has 2 rings (SSSR count). The molecular weight excluding hydrogens is 128 g/mol. The predicted molar refractivity (Wildman–Crippen MR) is 37.4 cm³/mol. The first kappa shape index (κ1) is 6.62. The van der Waals surface area contributed by atoms with Crippen molar-refractivity contribution in [1.29, 1.82) is 0 Å². The lowest BCUT2D eigenvalue weighted by Gasteiger charge is -2.13. The molecule has 2 heteroatoms. The Morgan fingerprint density at radius 1 is 1.20 bits per heavy atom. The van der Waals surface area contributed by atoms with Gasteiger partial charge in [0.1, 0.15) is 6.61 Å². The van der Waals surface area contributed by atoms with Crippen LogP contribution in [0.25, 0.3) is 0 Å². The molecule has 2 unspecified atom stereocenters. The summed E-state index contributed by atoms with van der Waals surface area (Å²) in [6.07, 6.45) is 5.44. The van der Waals surface area contributed by atoms with E-state index >= 15 is 0 Å². The SMILES string of the molecule is [CH]1OC2CCCC1OCC2. The third kappa shape index (κ3) is 1.32. The Hall–Kier alpha value is -0.0800. The summed E-state index contributed by atoms with van der Waals surface area (Å²) in [5.41, 5.74) is 0. The second kappa shape index (κ2) is 2.89. The molecule has 2 aliphatic heterocycles. The highest BCUT2D eigenvalue weighted by atomic mass is 16.5. The fraction of sp³-hybridized carbons (Fsp3) is 0.875. The third-order valence-corrected chi connectivity index (χ3v) is 2.21. The Morgan fingerprint density at radius 3 is 3.20 bits per heavy atom. The number of rotatable bonds is 0. The van der Waals surface area contributed by atoms with Crippen LogP contribution in [0.1, 0.15) is 25.7 Å². The lowest BCUT2D eigenvalue weighted by atomic mass is 10.1. The highest BCUT2D eigenvalue weighted by Gasteiger charge is 2.23. The van der Waals surface area contributed by atoms with Gasteiger partial charge in [-0.3, -0.25) is 0 Å². The summed E-state index contributed by atoms with van der Waals surface area (Å²) < 4.78 is 11.0. The average Bonchev–Trinajstić information content (AvgIpc) is 2.17. The maximum atomic E-state index is 5.49. The monoisotopic (exact) mass is 141 g/mol. The summed E-state index contributed by atoms with van der Waals surface area (Å²) in [4.78, 5) is 0. The van der Waals surface area contributed by atoms with Gasteiger partial charge in [-0.15, -0.1) is 0 Å². The van der Waals surface area contributed by atoms with E-state index in [1.54, 1.807) is 0 Å². The van der Waals surface area contributed by atoms with Crippen molar-refractivity contribution in [2.75, 3.05) is 6.61 Å². The van der Waals surface area contributed by atoms with E-state index in [2.05, 4.69) is 0 Å². The van der Waals surface area contributed by atoms with Crippen molar-refractivity contribution in [3.05, 3.63) is 6.61 Å². The Balaban J connectivity index is 2.01. The van der Waals surface area contributed by atoms with Crippen LogP contribution in [-0.2, 0) is 9.47 Å². The van der Waals surface area contributed by atoms with Gasteiger partial charge in [-0.25, -0.2) is 0 Å². The predicted octanol–water partition coefficient (Wildman–Crippen LogP) is 1.51. The molecule has 1 radical (unpaired) electrons. The first-order valence-electron chi connectivity index (χ1n) is 4.05. The largest absolute Gasteiger partial charge is 0.375 e. The third-order valence-electron chi connectivity index (χ3n) is 2.21. The van der Waals surface area contributed by atoms with Gasteiger partial charge in [0.05, 0.1) is 12.2 Å². The van der Waals surface area contributed by atoms with Crippen LogP contribution in [0.2, 0.25) is 0 Å². The second-order valence-corrected chi connectivity index (χ2v) is 3.02. The van der Waals surface area contributed by atoms with Crippen LogP contribution in [-0.4, -0.2) is 18.8 Å². The zero-order valence-corrected chi connectivity index (χ0v) is 6.08. The molecule has 0 saturated carbocycles. The molecule has 2 nitrogen and oxygen atoms in total. The van der Waals surface area contributed by atoms with Gasteiger partial charge in [-0.1, -0.05) is 0 Å². The zero-order chi connectivity index (χ0) is 6.81. The Bertz CT molecular complexity index is 91.8.